The number of likely N-dealkylation sites (tertiary alicyclic amines) is 1. The molecule has 0 bridgehead atoms. The highest BCUT2D eigenvalue weighted by atomic mass is 32.2. The van der Waals surface area contributed by atoms with Crippen LogP contribution in [0.3, 0.4) is 0 Å². The summed E-state index contributed by atoms with van der Waals surface area (Å²) < 4.78 is 0. The van der Waals surface area contributed by atoms with Crippen LogP contribution in [0.5, 0.6) is 0 Å². The molecule has 27 heavy (non-hydrogen) atoms. The maximum Gasteiger partial charge on any atom is 0.234 e. The van der Waals surface area contributed by atoms with Gasteiger partial charge in [0.2, 0.25) is 11.8 Å². The van der Waals surface area contributed by atoms with Crippen LogP contribution in [0.2, 0.25) is 0 Å². The van der Waals surface area contributed by atoms with Gasteiger partial charge in [0.15, 0.2) is 0 Å². The van der Waals surface area contributed by atoms with Gasteiger partial charge in [0.25, 0.3) is 0 Å². The smallest absolute Gasteiger partial charge is 0.234 e. The Bertz CT molecular complexity index is 758. The number of nitrogens with zero attached hydrogens (tertiary/aromatic N) is 1. The number of para-hydroxylation sites is 1. The summed E-state index contributed by atoms with van der Waals surface area (Å²) in [5.41, 5.74) is 3.14. The predicted molar refractivity (Wildman–Crippen MR) is 112 cm³/mol. The molecule has 0 atom stereocenters. The first-order valence-corrected chi connectivity index (χ1v) is 10.6. The molecule has 1 heterocycles. The lowest BCUT2D eigenvalue weighted by Gasteiger charge is -2.26. The summed E-state index contributed by atoms with van der Waals surface area (Å²) in [7, 11) is 0. The molecule has 0 aliphatic carbocycles. The maximum absolute atomic E-state index is 12.3. The zero-order chi connectivity index (χ0) is 18.9. The lowest BCUT2D eigenvalue weighted by Crippen LogP contribution is -2.37. The molecule has 4 nitrogen and oxygen atoms in total. The summed E-state index contributed by atoms with van der Waals surface area (Å²) in [6, 6.07) is 18.1. The molecule has 0 saturated carbocycles. The van der Waals surface area contributed by atoms with Crippen LogP contribution in [-0.2, 0) is 16.0 Å². The van der Waals surface area contributed by atoms with Crippen LogP contribution in [0.15, 0.2) is 54.6 Å². The van der Waals surface area contributed by atoms with E-state index in [-0.39, 0.29) is 11.8 Å². The molecule has 1 saturated heterocycles. The van der Waals surface area contributed by atoms with Crippen LogP contribution >= 0.6 is 11.8 Å². The van der Waals surface area contributed by atoms with Gasteiger partial charge in [-0.15, -0.1) is 11.8 Å². The Balaban J connectivity index is 1.48. The fourth-order valence-electron chi connectivity index (χ4n) is 3.26. The van der Waals surface area contributed by atoms with Crippen molar-refractivity contribution in [2.75, 3.05) is 29.9 Å². The fraction of sp³-hybridized carbons (Fsp3) is 0.364. The molecule has 2 aromatic rings. The summed E-state index contributed by atoms with van der Waals surface area (Å²) in [4.78, 5) is 26.4. The van der Waals surface area contributed by atoms with Crippen molar-refractivity contribution < 1.29 is 9.59 Å². The molecule has 2 aromatic carbocycles. The number of amides is 2. The maximum atomic E-state index is 12.3. The van der Waals surface area contributed by atoms with Gasteiger partial charge >= 0.3 is 0 Å². The topological polar surface area (TPSA) is 49.4 Å². The number of thioether (sulfide) groups is 1. The van der Waals surface area contributed by atoms with E-state index in [4.69, 9.17) is 0 Å². The van der Waals surface area contributed by atoms with E-state index in [2.05, 4.69) is 17.4 Å². The van der Waals surface area contributed by atoms with Gasteiger partial charge in [0.05, 0.1) is 11.5 Å². The Morgan fingerprint density at radius 1 is 0.889 bits per heavy atom. The number of rotatable bonds is 7. The van der Waals surface area contributed by atoms with Crippen LogP contribution in [0.25, 0.3) is 0 Å². The second kappa shape index (κ2) is 10.2. The van der Waals surface area contributed by atoms with Gasteiger partial charge in [-0.05, 0) is 42.9 Å². The summed E-state index contributed by atoms with van der Waals surface area (Å²) in [6.45, 7) is 1.72. The van der Waals surface area contributed by atoms with Gasteiger partial charge < -0.3 is 10.2 Å². The van der Waals surface area contributed by atoms with Gasteiger partial charge in [-0.2, -0.15) is 0 Å². The summed E-state index contributed by atoms with van der Waals surface area (Å²) in [6.07, 6.45) is 4.17. The summed E-state index contributed by atoms with van der Waals surface area (Å²) in [5, 5.41) is 3.00. The van der Waals surface area contributed by atoms with Crippen LogP contribution in [0.4, 0.5) is 5.69 Å². The average Bonchev–Trinajstić information content (AvgIpc) is 2.71. The Morgan fingerprint density at radius 3 is 2.37 bits per heavy atom. The highest BCUT2D eigenvalue weighted by molar-refractivity contribution is 8.00. The number of carbonyl (C=O) groups is 2. The highest BCUT2D eigenvalue weighted by Gasteiger charge is 2.16. The molecule has 0 aromatic heterocycles. The van der Waals surface area contributed by atoms with Crippen molar-refractivity contribution in [2.24, 2.45) is 0 Å². The van der Waals surface area contributed by atoms with Gasteiger partial charge in [-0.3, -0.25) is 9.59 Å². The molecule has 142 valence electrons. The van der Waals surface area contributed by atoms with E-state index < -0.39 is 0 Å². The van der Waals surface area contributed by atoms with Gasteiger partial charge in [0.1, 0.15) is 0 Å². The van der Waals surface area contributed by atoms with Crippen LogP contribution in [0, 0.1) is 0 Å². The number of hydrogen-bond donors (Lipinski definition) is 1. The third-order valence-electron chi connectivity index (χ3n) is 4.70. The Kier molecular flexibility index (Phi) is 7.34. The number of nitrogens with one attached hydrogen (secondary N) is 1. The normalized spacial score (nSPS) is 14.0. The molecule has 1 aliphatic heterocycles. The van der Waals surface area contributed by atoms with E-state index in [0.29, 0.717) is 11.5 Å². The summed E-state index contributed by atoms with van der Waals surface area (Å²) >= 11 is 1.39. The van der Waals surface area contributed by atoms with Gasteiger partial charge in [-0.25, -0.2) is 0 Å². The van der Waals surface area contributed by atoms with E-state index in [1.807, 2.05) is 47.4 Å². The van der Waals surface area contributed by atoms with Crippen LogP contribution in [0.1, 0.15) is 30.4 Å². The standard InChI is InChI=1S/C22H26N2O2S/c25-21(16-27-17-22(26)24-13-7-2-8-14-24)23-20-12-6-5-11-19(20)15-18-9-3-1-4-10-18/h1,3-6,9-12H,2,7-8,13-17H2,(H,23,25). The van der Waals surface area contributed by atoms with Crippen molar-refractivity contribution in [3.05, 3.63) is 65.7 Å². The molecular weight excluding hydrogens is 356 g/mol. The number of hydrogen-bond acceptors (Lipinski definition) is 3. The number of benzene rings is 2. The Hall–Kier alpha value is -2.27. The molecule has 0 unspecified atom stereocenters. The SMILES string of the molecule is O=C(CSCC(=O)N1CCCCC1)Nc1ccccc1Cc1ccccc1. The van der Waals surface area contributed by atoms with Crippen LogP contribution < -0.4 is 5.32 Å². The third-order valence-corrected chi connectivity index (χ3v) is 5.61. The molecule has 5 heteroatoms. The zero-order valence-corrected chi connectivity index (χ0v) is 16.3. The third kappa shape index (κ3) is 6.14. The largest absolute Gasteiger partial charge is 0.342 e. The van der Waals surface area contributed by atoms with E-state index in [1.165, 1.54) is 23.7 Å². The molecule has 0 spiro atoms. The quantitative estimate of drug-likeness (QED) is 0.788. The van der Waals surface area contributed by atoms with Crippen LogP contribution in [-0.4, -0.2) is 41.3 Å². The first kappa shape index (κ1) is 19.5. The second-order valence-corrected chi connectivity index (χ2v) is 7.79. The van der Waals surface area contributed by atoms with Crippen molar-refractivity contribution in [1.82, 2.24) is 4.90 Å². The monoisotopic (exact) mass is 382 g/mol. The lowest BCUT2D eigenvalue weighted by molar-refractivity contribution is -0.129. The molecule has 0 radical (unpaired) electrons. The number of piperidine rings is 1. The predicted octanol–water partition coefficient (Wildman–Crippen LogP) is 3.96. The second-order valence-electron chi connectivity index (χ2n) is 6.80. The fourth-order valence-corrected chi connectivity index (χ4v) is 3.98. The van der Waals surface area contributed by atoms with E-state index in [9.17, 15) is 9.59 Å². The minimum Gasteiger partial charge on any atom is -0.342 e. The molecule has 1 aliphatic rings. The zero-order valence-electron chi connectivity index (χ0n) is 15.5. The minimum atomic E-state index is -0.0630. The van der Waals surface area contributed by atoms with Gasteiger partial charge in [-0.1, -0.05) is 48.5 Å². The molecule has 2 amide bonds. The summed E-state index contributed by atoms with van der Waals surface area (Å²) in [5.74, 6) is 0.752. The Morgan fingerprint density at radius 2 is 1.59 bits per heavy atom. The van der Waals surface area contributed by atoms with Crippen molar-refractivity contribution in [1.29, 1.82) is 0 Å². The van der Waals surface area contributed by atoms with Crippen molar-refractivity contribution in [2.45, 2.75) is 25.7 Å². The Labute approximate surface area is 165 Å². The van der Waals surface area contributed by atoms with E-state index in [1.54, 1.807) is 0 Å². The lowest BCUT2D eigenvalue weighted by atomic mass is 10.0. The first-order chi connectivity index (χ1) is 13.2. The average molecular weight is 383 g/mol. The van der Waals surface area contributed by atoms with E-state index in [0.717, 1.165) is 43.6 Å². The minimum absolute atomic E-state index is 0.0630. The van der Waals surface area contributed by atoms with Gasteiger partial charge in [0, 0.05) is 18.8 Å². The molecule has 1 fully saturated rings. The number of carbonyl (C=O) groups excluding carboxylic acids is 2. The molecular formula is C22H26N2O2S. The van der Waals surface area contributed by atoms with E-state index >= 15 is 0 Å². The van der Waals surface area contributed by atoms with Crippen molar-refractivity contribution in [3.63, 3.8) is 0 Å². The van der Waals surface area contributed by atoms with Crippen molar-refractivity contribution >= 4 is 29.3 Å². The number of anilines is 1. The van der Waals surface area contributed by atoms with Crippen molar-refractivity contribution in [3.8, 4) is 0 Å². The first-order valence-electron chi connectivity index (χ1n) is 9.49. The highest BCUT2D eigenvalue weighted by Crippen LogP contribution is 2.19. The molecule has 3 rings (SSSR count). The molecule has 1 N–H and O–H groups in total.